The number of fused-ring (bicyclic) bond motifs is 4. The van der Waals surface area contributed by atoms with Crippen LogP contribution in [0, 0.1) is 31.8 Å². The first-order chi connectivity index (χ1) is 24.4. The number of aromatic nitrogens is 4. The molecule has 3 aromatic carbocycles. The van der Waals surface area contributed by atoms with Gasteiger partial charge in [0.15, 0.2) is 0 Å². The minimum absolute atomic E-state index is 0. The van der Waals surface area contributed by atoms with Crippen molar-refractivity contribution < 1.29 is 31.4 Å². The predicted octanol–water partition coefficient (Wildman–Crippen LogP) is 10.3. The molecule has 0 fully saturated rings. The quantitative estimate of drug-likeness (QED) is 0.124. The Kier molecular flexibility index (Phi) is 8.65. The molecule has 48 heavy (non-hydrogen) atoms. The summed E-state index contributed by atoms with van der Waals surface area (Å²) < 4.78 is 48.0. The Bertz CT molecular complexity index is 2390. The molecular formula is C41H44IrN4OSi-2. The second-order valence-corrected chi connectivity index (χ2v) is 18.6. The number of rotatable bonds is 6. The summed E-state index contributed by atoms with van der Waals surface area (Å²) in [4.78, 5) is 14.0. The Hall–Kier alpha value is -3.90. The van der Waals surface area contributed by atoms with Crippen LogP contribution in [0.15, 0.2) is 83.4 Å². The van der Waals surface area contributed by atoms with Gasteiger partial charge >= 0.3 is 0 Å². The molecule has 0 bridgehead atoms. The van der Waals surface area contributed by atoms with Gasteiger partial charge in [-0.2, -0.15) is 0 Å². The molecule has 0 aliphatic heterocycles. The molecule has 0 amide bonds. The van der Waals surface area contributed by atoms with Crippen molar-refractivity contribution in [2.75, 3.05) is 0 Å². The number of nitrogens with zero attached hydrogens (tertiary/aromatic N) is 4. The van der Waals surface area contributed by atoms with Gasteiger partial charge in [0.05, 0.1) is 30.5 Å². The molecule has 7 heteroatoms. The Morgan fingerprint density at radius 1 is 0.958 bits per heavy atom. The van der Waals surface area contributed by atoms with E-state index in [1.807, 2.05) is 63.2 Å². The largest absolute Gasteiger partial charge is 0.486 e. The van der Waals surface area contributed by atoms with E-state index in [1.54, 1.807) is 18.3 Å². The molecule has 0 aliphatic carbocycles. The van der Waals surface area contributed by atoms with Crippen molar-refractivity contribution in [3.8, 4) is 22.6 Å². The summed E-state index contributed by atoms with van der Waals surface area (Å²) in [6.07, 6.45) is 0.328. The van der Waals surface area contributed by atoms with Crippen molar-refractivity contribution in [1.29, 1.82) is 0 Å². The first-order valence-electron chi connectivity index (χ1n) is 18.6. The van der Waals surface area contributed by atoms with Crippen LogP contribution in [-0.2, 0) is 26.5 Å². The maximum Gasteiger partial charge on any atom is 0.216 e. The predicted molar refractivity (Wildman–Crippen MR) is 199 cm³/mol. The van der Waals surface area contributed by atoms with Gasteiger partial charge < -0.3 is 14.0 Å². The molecule has 4 heterocycles. The van der Waals surface area contributed by atoms with E-state index in [9.17, 15) is 0 Å². The summed E-state index contributed by atoms with van der Waals surface area (Å²) in [5.41, 5.74) is 7.57. The third-order valence-corrected chi connectivity index (χ3v) is 10.0. The maximum absolute atomic E-state index is 8.59. The standard InChI is InChI=1S/C22H18N3O.C19H26NSi.Ir/c1-13(2)25-19-10-5-4-9-18(19)24-21(25)17-8-6-7-15-16-12-11-14(3)23-22(16)26-20(15)17;1-14(2)11-17-12-18(16-9-7-15(3)8-10-16)20-13-19(17)21(4,5)6;/h4-7,9-13H,1-3H3;7-9,12-14H,11H2,1-6H3;/q2*-1;/i;3D3,11D2;. The molecule has 0 N–H and O–H groups in total. The first kappa shape index (κ1) is 29.1. The number of hydrogen-bond acceptors (Lipinski definition) is 4. The molecule has 0 spiro atoms. The van der Waals surface area contributed by atoms with Gasteiger partial charge in [-0.1, -0.05) is 75.1 Å². The molecule has 249 valence electrons. The van der Waals surface area contributed by atoms with Crippen molar-refractivity contribution >= 4 is 46.4 Å². The fraction of sp³-hybridized carbons (Fsp3) is 0.293. The van der Waals surface area contributed by atoms with Gasteiger partial charge in [0.2, 0.25) is 5.71 Å². The first-order valence-corrected chi connectivity index (χ1v) is 19.6. The summed E-state index contributed by atoms with van der Waals surface area (Å²) in [6.45, 7) is 14.4. The summed E-state index contributed by atoms with van der Waals surface area (Å²) >= 11 is 0. The molecule has 7 rings (SSSR count). The Morgan fingerprint density at radius 2 is 1.75 bits per heavy atom. The van der Waals surface area contributed by atoms with Gasteiger partial charge in [0, 0.05) is 50.3 Å². The van der Waals surface area contributed by atoms with E-state index in [1.165, 1.54) is 6.07 Å². The zero-order chi connectivity index (χ0) is 37.7. The Labute approximate surface area is 306 Å². The number of benzene rings is 3. The molecular weight excluding hydrogens is 785 g/mol. The molecule has 0 atom stereocenters. The number of pyridine rings is 2. The maximum atomic E-state index is 8.59. The normalized spacial score (nSPS) is 13.8. The van der Waals surface area contributed by atoms with Gasteiger partial charge in [0.1, 0.15) is 0 Å². The number of para-hydroxylation sites is 2. The van der Waals surface area contributed by atoms with E-state index in [2.05, 4.69) is 72.3 Å². The van der Waals surface area contributed by atoms with E-state index >= 15 is 0 Å². The van der Waals surface area contributed by atoms with Crippen LogP contribution in [-0.4, -0.2) is 27.6 Å². The van der Waals surface area contributed by atoms with E-state index in [0.29, 0.717) is 22.5 Å². The van der Waals surface area contributed by atoms with Gasteiger partial charge in [-0.15, -0.1) is 53.6 Å². The molecule has 0 unspecified atom stereocenters. The Morgan fingerprint density at radius 3 is 2.44 bits per heavy atom. The van der Waals surface area contributed by atoms with Gasteiger partial charge in [-0.3, -0.25) is 4.98 Å². The minimum atomic E-state index is -2.16. The molecule has 4 aromatic heterocycles. The SMILES string of the molecule is Cc1ccc2c(n1)oc1c(-c3nc4ccccc4n3C(C)C)[c-]ccc12.[2H]C([2H])([2H])c1c[c-]c(-c2cc(C([2H])([2H])C(C)C)c([Si](C)(C)C)cn2)cc1.[Ir]. The number of furan rings is 1. The smallest absolute Gasteiger partial charge is 0.216 e. The van der Waals surface area contributed by atoms with E-state index < -0.39 is 21.3 Å². The molecule has 0 saturated heterocycles. The van der Waals surface area contributed by atoms with Crippen LogP contribution < -0.4 is 5.19 Å². The summed E-state index contributed by atoms with van der Waals surface area (Å²) in [7, 11) is -1.78. The van der Waals surface area contributed by atoms with E-state index in [-0.39, 0.29) is 37.6 Å². The number of imidazole rings is 1. The van der Waals surface area contributed by atoms with Crippen molar-refractivity contribution in [2.45, 2.75) is 73.5 Å². The fourth-order valence-corrected chi connectivity index (χ4v) is 7.24. The second-order valence-electron chi connectivity index (χ2n) is 13.5. The fourth-order valence-electron chi connectivity index (χ4n) is 5.84. The molecule has 7 aromatic rings. The van der Waals surface area contributed by atoms with Crippen LogP contribution in [0.1, 0.15) is 57.4 Å². The molecule has 1 radical (unpaired) electrons. The molecule has 0 aliphatic rings. The van der Waals surface area contributed by atoms with Crippen LogP contribution in [0.4, 0.5) is 0 Å². The Balaban J connectivity index is 0.000000201. The van der Waals surface area contributed by atoms with Gasteiger partial charge in [0.25, 0.3) is 0 Å². The summed E-state index contributed by atoms with van der Waals surface area (Å²) in [5.74, 6) is 0.706. The summed E-state index contributed by atoms with van der Waals surface area (Å²) in [6, 6.07) is 29.4. The number of hydrogen-bond donors (Lipinski definition) is 0. The second kappa shape index (κ2) is 14.3. The average molecular weight is 834 g/mol. The third kappa shape index (κ3) is 7.24. The minimum Gasteiger partial charge on any atom is -0.486 e. The van der Waals surface area contributed by atoms with Crippen molar-refractivity contribution in [2.24, 2.45) is 5.92 Å². The zero-order valence-corrected chi connectivity index (χ0v) is 32.1. The third-order valence-electron chi connectivity index (χ3n) is 8.02. The molecule has 5 nitrogen and oxygen atoms in total. The van der Waals surface area contributed by atoms with Crippen LogP contribution in [0.25, 0.3) is 55.7 Å². The van der Waals surface area contributed by atoms with Gasteiger partial charge in [-0.05, 0) is 68.2 Å². The van der Waals surface area contributed by atoms with Crippen LogP contribution in [0.3, 0.4) is 0 Å². The zero-order valence-electron chi connectivity index (χ0n) is 33.7. The summed E-state index contributed by atoms with van der Waals surface area (Å²) in [5, 5.41) is 3.08. The van der Waals surface area contributed by atoms with Gasteiger partial charge in [-0.25, -0.2) is 4.98 Å². The van der Waals surface area contributed by atoms with Crippen molar-refractivity contribution in [1.82, 2.24) is 19.5 Å². The monoisotopic (exact) mass is 834 g/mol. The van der Waals surface area contributed by atoms with E-state index in [0.717, 1.165) is 49.7 Å². The van der Waals surface area contributed by atoms with Crippen LogP contribution >= 0.6 is 0 Å². The van der Waals surface area contributed by atoms with Crippen molar-refractivity contribution in [3.05, 3.63) is 108 Å². The van der Waals surface area contributed by atoms with Crippen molar-refractivity contribution in [3.63, 3.8) is 0 Å². The van der Waals surface area contributed by atoms with Crippen LogP contribution in [0.2, 0.25) is 19.6 Å². The number of aryl methyl sites for hydroxylation is 2. The molecule has 0 saturated carbocycles. The van der Waals surface area contributed by atoms with Crippen LogP contribution in [0.5, 0.6) is 0 Å². The van der Waals surface area contributed by atoms with E-state index in [4.69, 9.17) is 16.3 Å². The topological polar surface area (TPSA) is 56.7 Å². The average Bonchev–Trinajstić information content (AvgIpc) is 3.66.